The van der Waals surface area contributed by atoms with E-state index >= 15 is 8.78 Å². The number of hydrogen-bond donors (Lipinski definition) is 0. The molecular formula is C40H37ClF6N6O5S. The fourth-order valence-corrected chi connectivity index (χ4v) is 7.91. The Morgan fingerprint density at radius 2 is 1.78 bits per heavy atom. The van der Waals surface area contributed by atoms with E-state index in [2.05, 4.69) is 31.9 Å². The molecule has 1 aliphatic rings. The maximum atomic E-state index is 16.9. The number of alkyl halides is 5. The monoisotopic (exact) mass is 864 g/mol. The van der Waals surface area contributed by atoms with E-state index in [1.807, 2.05) is 0 Å². The molecule has 59 heavy (non-hydrogen) atoms. The summed E-state index contributed by atoms with van der Waals surface area (Å²) in [5.74, 6) is -6.28. The Labute approximate surface area is 345 Å². The molecule has 1 aliphatic heterocycles. The van der Waals surface area contributed by atoms with Crippen molar-refractivity contribution in [2.45, 2.75) is 45.2 Å². The van der Waals surface area contributed by atoms with Crippen LogP contribution in [0.2, 0.25) is 5.02 Å². The number of fused-ring (bicyclic) bond motifs is 1. The molecule has 11 nitrogen and oxygen atoms in total. The minimum Gasteiger partial charge on any atom is -0.491 e. The van der Waals surface area contributed by atoms with Gasteiger partial charge in [-0.2, -0.15) is 31.4 Å². The van der Waals surface area contributed by atoms with E-state index < -0.39 is 66.0 Å². The van der Waals surface area contributed by atoms with Crippen molar-refractivity contribution >= 4 is 38.9 Å². The maximum Gasteiger partial charge on any atom is 0.408 e. The first-order chi connectivity index (χ1) is 28.8. The third kappa shape index (κ3) is 9.20. The van der Waals surface area contributed by atoms with Gasteiger partial charge >= 0.3 is 12.1 Å². The Kier molecular flexibility index (Phi) is 11.5. The van der Waals surface area contributed by atoms with Crippen LogP contribution in [0.4, 0.5) is 26.3 Å². The van der Waals surface area contributed by atoms with Gasteiger partial charge in [-0.1, -0.05) is 29.8 Å². The highest BCUT2D eigenvalue weighted by molar-refractivity contribution is 7.22. The highest BCUT2D eigenvalue weighted by atomic mass is 35.5. The zero-order valence-corrected chi connectivity index (χ0v) is 33.2. The van der Waals surface area contributed by atoms with Crippen molar-refractivity contribution in [3.05, 3.63) is 95.0 Å². The lowest BCUT2D eigenvalue weighted by Gasteiger charge is -2.32. The van der Waals surface area contributed by atoms with Crippen LogP contribution < -0.4 is 14.2 Å². The summed E-state index contributed by atoms with van der Waals surface area (Å²) < 4.78 is 128. The number of nitrogens with zero attached hydrogens (tertiary/aromatic N) is 6. The van der Waals surface area contributed by atoms with Crippen LogP contribution in [0.1, 0.15) is 26.5 Å². The molecule has 0 radical (unpaired) electrons. The number of hydrogen-bond acceptors (Lipinski definition) is 11. The fraction of sp³-hybridized carbons (Fsp3) is 0.350. The Balaban J connectivity index is 1.25. The molecule has 2 aromatic carbocycles. The molecule has 1 fully saturated rings. The molecule has 5 heterocycles. The molecule has 0 spiro atoms. The van der Waals surface area contributed by atoms with Gasteiger partial charge in [-0.15, -0.1) is 11.3 Å². The number of aromatic nitrogens is 4. The van der Waals surface area contributed by atoms with E-state index in [0.717, 1.165) is 81.2 Å². The second kappa shape index (κ2) is 17.2. The van der Waals surface area contributed by atoms with E-state index in [9.17, 15) is 22.4 Å². The summed E-state index contributed by atoms with van der Waals surface area (Å²) in [5.41, 5.74) is -0.526. The number of rotatable bonds is 15. The third-order valence-corrected chi connectivity index (χ3v) is 11.2. The number of ketones is 1. The summed E-state index contributed by atoms with van der Waals surface area (Å²) in [5, 5.41) is 3.82. The summed E-state index contributed by atoms with van der Waals surface area (Å²) in [4.78, 5) is 26.7. The van der Waals surface area contributed by atoms with Crippen LogP contribution in [0.3, 0.4) is 0 Å². The van der Waals surface area contributed by atoms with Crippen LogP contribution in [-0.2, 0) is 23.8 Å². The number of benzene rings is 2. The van der Waals surface area contributed by atoms with E-state index in [4.69, 9.17) is 33.0 Å². The first kappa shape index (κ1) is 39.3. The normalized spacial score (nSPS) is 15.6. The van der Waals surface area contributed by atoms with Gasteiger partial charge in [-0.05, 0) is 62.4 Å². The lowest BCUT2D eigenvalue weighted by molar-refractivity contribution is -0.148. The van der Waals surface area contributed by atoms with Crippen molar-refractivity contribution in [3.8, 4) is 39.1 Å². The summed E-state index contributed by atoms with van der Waals surface area (Å²) >= 11 is 7.92. The molecule has 1 atom stereocenters. The van der Waals surface area contributed by atoms with Crippen molar-refractivity contribution < 1.29 is 52.5 Å². The molecule has 19 heteroatoms. The number of thiophene rings is 1. The predicted octanol–water partition coefficient (Wildman–Crippen LogP) is 8.81. The van der Waals surface area contributed by atoms with Crippen LogP contribution in [-0.4, -0.2) is 94.0 Å². The average molecular weight is 865 g/mol. The Morgan fingerprint density at radius 1 is 1.02 bits per heavy atom. The molecule has 0 unspecified atom stereocenters. The van der Waals surface area contributed by atoms with Gasteiger partial charge in [0.1, 0.15) is 48.1 Å². The molecule has 7 rings (SSSR count). The highest BCUT2D eigenvalue weighted by Crippen LogP contribution is 2.50. The van der Waals surface area contributed by atoms with Gasteiger partial charge in [-0.3, -0.25) is 14.4 Å². The Morgan fingerprint density at radius 3 is 2.49 bits per heavy atom. The van der Waals surface area contributed by atoms with Crippen molar-refractivity contribution in [2.75, 3.05) is 46.4 Å². The number of halogens is 7. The van der Waals surface area contributed by atoms with E-state index in [1.54, 1.807) is 19.1 Å². The largest absolute Gasteiger partial charge is 0.491 e. The summed E-state index contributed by atoms with van der Waals surface area (Å²) in [6.45, 7) is 2.48. The van der Waals surface area contributed by atoms with Gasteiger partial charge in [0.2, 0.25) is 12.0 Å². The van der Waals surface area contributed by atoms with Crippen LogP contribution in [0, 0.1) is 12.9 Å². The SMILES string of the molecule is [2H]C([2H])(Oc1ccccc1C(F)(F)[C@H](Oc1ncnc2sc(-c3ccc(F)o3)c(-c3ccc(OCCN4CCN(C)CC4)c(Cl)c3C)c12)C(C)=O)c1ccnn1CC(F)(F)F. The number of carbonyl (C=O) groups is 1. The molecule has 0 amide bonds. The number of likely N-dealkylation sites (N-methyl/N-ethyl adjacent to an activating group) is 1. The van der Waals surface area contributed by atoms with Crippen LogP contribution in [0.25, 0.3) is 32.0 Å². The molecule has 4 aromatic heterocycles. The molecule has 1 saturated heterocycles. The molecule has 0 saturated carbocycles. The fourth-order valence-electron chi connectivity index (χ4n) is 6.58. The summed E-state index contributed by atoms with van der Waals surface area (Å²) in [6.07, 6.45) is -5.47. The highest BCUT2D eigenvalue weighted by Gasteiger charge is 2.49. The van der Waals surface area contributed by atoms with E-state index in [-0.39, 0.29) is 26.6 Å². The van der Waals surface area contributed by atoms with Crippen LogP contribution in [0.5, 0.6) is 17.4 Å². The minimum absolute atomic E-state index is 0.0584. The van der Waals surface area contributed by atoms with E-state index in [0.29, 0.717) is 39.6 Å². The minimum atomic E-state index is -4.79. The molecule has 0 N–H and O–H groups in total. The maximum absolute atomic E-state index is 16.9. The number of piperazine rings is 1. The molecular weight excluding hydrogens is 826 g/mol. The first-order valence-corrected chi connectivity index (χ1v) is 19.3. The van der Waals surface area contributed by atoms with Crippen molar-refractivity contribution in [1.29, 1.82) is 0 Å². The topological polar surface area (TPSA) is 108 Å². The standard InChI is InChI=1S/C40H37ClF6N6O5S/c1-23-26(8-9-29(34(23)41)55-19-18-52-16-14-51(3)15-17-52)32-33-37(48-22-49-38(33)59-35(32)30-10-11-31(42)57-30)58-36(24(2)54)40(46,47)27-6-4-5-7-28(27)56-20-25-12-13-50-53(25)21-39(43,44)45/h4-13,22,36H,14-21H2,1-3H3/t36-/m1/s1/i20D2. The smallest absolute Gasteiger partial charge is 0.408 e. The van der Waals surface area contributed by atoms with Gasteiger partial charge in [-0.25, -0.2) is 9.97 Å². The molecule has 6 aromatic rings. The lowest BCUT2D eigenvalue weighted by Crippen LogP contribution is -2.45. The molecule has 312 valence electrons. The summed E-state index contributed by atoms with van der Waals surface area (Å²) in [7, 11) is 2.07. The van der Waals surface area contributed by atoms with Gasteiger partial charge < -0.3 is 23.5 Å². The van der Waals surface area contributed by atoms with Crippen molar-refractivity contribution in [3.63, 3.8) is 0 Å². The second-order valence-electron chi connectivity index (χ2n) is 13.7. The molecule has 0 bridgehead atoms. The van der Waals surface area contributed by atoms with Gasteiger partial charge in [0, 0.05) is 50.6 Å². The Hall–Kier alpha value is -5.17. The zero-order chi connectivity index (χ0) is 43.9. The van der Waals surface area contributed by atoms with Crippen LogP contribution >= 0.6 is 22.9 Å². The first-order valence-electron chi connectivity index (χ1n) is 19.1. The number of furan rings is 1. The van der Waals surface area contributed by atoms with Crippen molar-refractivity contribution in [1.82, 2.24) is 29.5 Å². The number of Topliss-reactive ketones (excluding diaryl/α,β-unsaturated/α-hetero) is 1. The van der Waals surface area contributed by atoms with Gasteiger partial charge in [0.25, 0.3) is 6.01 Å². The average Bonchev–Trinajstić information content (AvgIpc) is 3.94. The quantitative estimate of drug-likeness (QED) is 0.0930. The third-order valence-electron chi connectivity index (χ3n) is 9.62. The van der Waals surface area contributed by atoms with E-state index in [1.165, 1.54) is 18.2 Å². The number of ether oxygens (including phenoxy) is 3. The van der Waals surface area contributed by atoms with Crippen molar-refractivity contribution in [2.24, 2.45) is 0 Å². The second-order valence-corrected chi connectivity index (χ2v) is 15.1. The van der Waals surface area contributed by atoms with Gasteiger partial charge in [0.15, 0.2) is 5.78 Å². The van der Waals surface area contributed by atoms with Gasteiger partial charge in [0.05, 0.1) is 29.3 Å². The predicted molar refractivity (Wildman–Crippen MR) is 208 cm³/mol. The Bertz CT molecular complexity index is 2540. The number of para-hydroxylation sites is 1. The number of carbonyl (C=O) groups excluding carboxylic acids is 1. The summed E-state index contributed by atoms with van der Waals surface area (Å²) in [6, 6.07) is 10.1. The lowest BCUT2D eigenvalue weighted by atomic mass is 9.97. The van der Waals surface area contributed by atoms with Crippen LogP contribution in [0.15, 0.2) is 71.5 Å². The molecule has 0 aliphatic carbocycles. The zero-order valence-electron chi connectivity index (χ0n) is 33.7.